The van der Waals surface area contributed by atoms with Gasteiger partial charge in [-0.15, -0.1) is 11.3 Å². The number of likely N-dealkylation sites (tertiary alicyclic amines) is 2. The zero-order chi connectivity index (χ0) is 18.6. The van der Waals surface area contributed by atoms with Gasteiger partial charge in [0.25, 0.3) is 0 Å². The fourth-order valence-corrected chi connectivity index (χ4v) is 6.81. The molecule has 0 aromatic carbocycles. The smallest absolute Gasteiger partial charge is 0.232 e. The van der Waals surface area contributed by atoms with E-state index in [2.05, 4.69) is 21.7 Å². The van der Waals surface area contributed by atoms with E-state index >= 15 is 0 Å². The summed E-state index contributed by atoms with van der Waals surface area (Å²) in [5.74, 6) is 1.01. The first kappa shape index (κ1) is 17.7. The molecule has 1 unspecified atom stereocenters. The summed E-state index contributed by atoms with van der Waals surface area (Å²) in [6.45, 7) is 3.70. The Hall–Kier alpha value is -1.43. The number of carbonyl (C=O) groups excluding carboxylic acids is 2. The van der Waals surface area contributed by atoms with Crippen LogP contribution in [0, 0.1) is 18.3 Å². The average Bonchev–Trinajstić information content (AvgIpc) is 3.28. The highest BCUT2D eigenvalue weighted by atomic mass is 32.1. The maximum absolute atomic E-state index is 13.3. The second-order valence-electron chi connectivity index (χ2n) is 8.96. The van der Waals surface area contributed by atoms with Crippen molar-refractivity contribution < 1.29 is 9.59 Å². The molecule has 2 saturated carbocycles. The molecule has 2 aliphatic carbocycles. The summed E-state index contributed by atoms with van der Waals surface area (Å²) in [7, 11) is 0. The van der Waals surface area contributed by atoms with Crippen LogP contribution in [-0.4, -0.2) is 45.7 Å². The molecule has 1 aromatic heterocycles. The molecule has 0 radical (unpaired) electrons. The third kappa shape index (κ3) is 2.59. The molecule has 27 heavy (non-hydrogen) atoms. The molecule has 0 N–H and O–H groups in total. The van der Waals surface area contributed by atoms with E-state index in [-0.39, 0.29) is 23.4 Å². The second-order valence-corrected chi connectivity index (χ2v) is 9.85. The van der Waals surface area contributed by atoms with Crippen LogP contribution in [0.4, 0.5) is 0 Å². The van der Waals surface area contributed by atoms with Crippen LogP contribution in [0.2, 0.25) is 0 Å². The van der Waals surface area contributed by atoms with Gasteiger partial charge in [-0.05, 0) is 45.4 Å². The van der Waals surface area contributed by atoms with Gasteiger partial charge in [0.1, 0.15) is 0 Å². The number of β-lactam (4-membered cyclic amide) rings is 1. The predicted octanol–water partition coefficient (Wildman–Crippen LogP) is 3.69. The lowest BCUT2D eigenvalue weighted by molar-refractivity contribution is -0.181. The van der Waals surface area contributed by atoms with Crippen molar-refractivity contribution in [1.82, 2.24) is 14.8 Å². The normalized spacial score (nSPS) is 28.5. The third-order valence-electron chi connectivity index (χ3n) is 7.61. The molecule has 146 valence electrons. The van der Waals surface area contributed by atoms with Crippen molar-refractivity contribution >= 4 is 23.2 Å². The average molecular weight is 388 g/mol. The Morgan fingerprint density at radius 2 is 1.85 bits per heavy atom. The Morgan fingerprint density at radius 1 is 1.15 bits per heavy atom. The van der Waals surface area contributed by atoms with E-state index in [4.69, 9.17) is 0 Å². The van der Waals surface area contributed by atoms with Crippen molar-refractivity contribution in [1.29, 1.82) is 0 Å². The van der Waals surface area contributed by atoms with Gasteiger partial charge in [0.05, 0.1) is 27.5 Å². The first-order valence-electron chi connectivity index (χ1n) is 10.6. The van der Waals surface area contributed by atoms with E-state index in [9.17, 15) is 9.59 Å². The summed E-state index contributed by atoms with van der Waals surface area (Å²) in [6.07, 6.45) is 9.59. The van der Waals surface area contributed by atoms with E-state index in [0.717, 1.165) is 57.3 Å². The molecule has 4 fully saturated rings. The molecule has 2 amide bonds. The number of thiazole rings is 1. The summed E-state index contributed by atoms with van der Waals surface area (Å²) in [5.41, 5.74) is 2.86. The molecule has 5 rings (SSSR count). The number of hydrogen-bond acceptors (Lipinski definition) is 4. The number of rotatable bonds is 3. The maximum atomic E-state index is 13.3. The van der Waals surface area contributed by atoms with Gasteiger partial charge in [0.15, 0.2) is 0 Å². The van der Waals surface area contributed by atoms with Crippen LogP contribution in [0.25, 0.3) is 0 Å². The topological polar surface area (TPSA) is 53.5 Å². The minimum absolute atomic E-state index is 0.157. The third-order valence-corrected chi connectivity index (χ3v) is 8.60. The van der Waals surface area contributed by atoms with Crippen molar-refractivity contribution in [2.24, 2.45) is 11.3 Å². The van der Waals surface area contributed by atoms with Crippen LogP contribution < -0.4 is 0 Å². The number of aromatic nitrogens is 1. The molecule has 0 bridgehead atoms. The van der Waals surface area contributed by atoms with Crippen LogP contribution in [-0.2, 0) is 9.59 Å². The molecular weight excluding hydrogens is 358 g/mol. The van der Waals surface area contributed by atoms with Crippen molar-refractivity contribution in [3.8, 4) is 0 Å². The summed E-state index contributed by atoms with van der Waals surface area (Å²) in [6, 6.07) is 0.500. The zero-order valence-corrected chi connectivity index (χ0v) is 17.0. The molecular formula is C21H29N3O2S. The largest absolute Gasteiger partial charge is 0.342 e. The Bertz CT molecular complexity index is 742. The Balaban J connectivity index is 1.33. The van der Waals surface area contributed by atoms with Crippen molar-refractivity contribution in [3.05, 3.63) is 16.1 Å². The SMILES string of the molecule is Cc1ncsc1C1N(C2CCN(C(=O)C3CCC3)CC2)C(=O)C12CCCC2. The lowest BCUT2D eigenvalue weighted by Gasteiger charge is -2.58. The number of piperidine rings is 1. The molecule has 6 heteroatoms. The lowest BCUT2D eigenvalue weighted by atomic mass is 9.67. The molecule has 2 aliphatic heterocycles. The van der Waals surface area contributed by atoms with Gasteiger partial charge >= 0.3 is 0 Å². The highest BCUT2D eigenvalue weighted by Gasteiger charge is 2.64. The molecule has 1 spiro atoms. The Kier molecular flexibility index (Phi) is 4.30. The van der Waals surface area contributed by atoms with Crippen molar-refractivity contribution in [3.63, 3.8) is 0 Å². The van der Waals surface area contributed by atoms with E-state index in [1.165, 1.54) is 24.1 Å². The number of aryl methyl sites for hydroxylation is 1. The maximum Gasteiger partial charge on any atom is 0.232 e. The number of nitrogens with zero attached hydrogens (tertiary/aromatic N) is 3. The van der Waals surface area contributed by atoms with Gasteiger partial charge in [-0.25, -0.2) is 4.98 Å². The first-order chi connectivity index (χ1) is 13.1. The number of carbonyl (C=O) groups is 2. The molecule has 2 saturated heterocycles. The molecule has 1 atom stereocenters. The van der Waals surface area contributed by atoms with Crippen LogP contribution in [0.3, 0.4) is 0 Å². The molecule has 4 aliphatic rings. The van der Waals surface area contributed by atoms with Crippen LogP contribution in [0.1, 0.15) is 74.4 Å². The number of hydrogen-bond donors (Lipinski definition) is 0. The van der Waals surface area contributed by atoms with E-state index in [0.29, 0.717) is 11.8 Å². The van der Waals surface area contributed by atoms with Gasteiger partial charge in [0, 0.05) is 25.0 Å². The van der Waals surface area contributed by atoms with Crippen molar-refractivity contribution in [2.45, 2.75) is 76.8 Å². The fraction of sp³-hybridized carbons (Fsp3) is 0.762. The van der Waals surface area contributed by atoms with Crippen molar-refractivity contribution in [2.75, 3.05) is 13.1 Å². The van der Waals surface area contributed by atoms with E-state index in [1.807, 2.05) is 5.51 Å². The summed E-state index contributed by atoms with van der Waals surface area (Å²) >= 11 is 1.71. The van der Waals surface area contributed by atoms with Crippen LogP contribution in [0.5, 0.6) is 0 Å². The minimum atomic E-state index is -0.157. The monoisotopic (exact) mass is 387 g/mol. The van der Waals surface area contributed by atoms with E-state index < -0.39 is 0 Å². The highest BCUT2D eigenvalue weighted by Crippen LogP contribution is 2.61. The molecule has 3 heterocycles. The Labute approximate surface area is 165 Å². The fourth-order valence-electron chi connectivity index (χ4n) is 5.79. The first-order valence-corrected chi connectivity index (χ1v) is 11.5. The van der Waals surface area contributed by atoms with Crippen LogP contribution >= 0.6 is 11.3 Å². The minimum Gasteiger partial charge on any atom is -0.342 e. The van der Waals surface area contributed by atoms with E-state index in [1.54, 1.807) is 11.3 Å². The number of amides is 2. The standard InChI is InChI=1S/C21H29N3O2S/c1-14-17(27-13-22-14)18-21(9-2-3-10-21)20(26)24(18)16-7-11-23(12-8-16)19(25)15-5-4-6-15/h13,15-16,18H,2-12H2,1H3. The quantitative estimate of drug-likeness (QED) is 0.744. The Morgan fingerprint density at radius 3 is 2.41 bits per heavy atom. The van der Waals surface area contributed by atoms with Gasteiger partial charge in [0.2, 0.25) is 11.8 Å². The highest BCUT2D eigenvalue weighted by molar-refractivity contribution is 7.09. The second kappa shape index (κ2) is 6.57. The lowest BCUT2D eigenvalue weighted by Crippen LogP contribution is -2.66. The van der Waals surface area contributed by atoms with Gasteiger partial charge in [-0.3, -0.25) is 9.59 Å². The predicted molar refractivity (Wildman–Crippen MR) is 104 cm³/mol. The van der Waals surface area contributed by atoms with Gasteiger partial charge in [-0.2, -0.15) is 0 Å². The van der Waals surface area contributed by atoms with Crippen LogP contribution in [0.15, 0.2) is 5.51 Å². The summed E-state index contributed by atoms with van der Waals surface area (Å²) in [5, 5.41) is 0. The summed E-state index contributed by atoms with van der Waals surface area (Å²) < 4.78 is 0. The van der Waals surface area contributed by atoms with Gasteiger partial charge in [-0.1, -0.05) is 19.3 Å². The van der Waals surface area contributed by atoms with Gasteiger partial charge < -0.3 is 9.80 Å². The molecule has 5 nitrogen and oxygen atoms in total. The summed E-state index contributed by atoms with van der Waals surface area (Å²) in [4.78, 5) is 35.9. The molecule has 1 aromatic rings. The zero-order valence-electron chi connectivity index (χ0n) is 16.2.